The summed E-state index contributed by atoms with van der Waals surface area (Å²) in [4.78, 5) is 0. The minimum Gasteiger partial charge on any atom is -0.258 e. The van der Waals surface area contributed by atoms with Crippen LogP contribution in [-0.4, -0.2) is 6.30 Å². The summed E-state index contributed by atoms with van der Waals surface area (Å²) in [5, 5.41) is 5.37. The van der Waals surface area contributed by atoms with Gasteiger partial charge >= 0.3 is 18.9 Å². The summed E-state index contributed by atoms with van der Waals surface area (Å²) in [5.41, 5.74) is 0. The van der Waals surface area contributed by atoms with Crippen molar-refractivity contribution in [1.29, 1.82) is 0 Å². The van der Waals surface area contributed by atoms with Gasteiger partial charge in [0.15, 0.2) is 0 Å². The molecule has 0 unspecified atom stereocenters. The Morgan fingerprint density at radius 1 is 0.517 bits per heavy atom. The van der Waals surface area contributed by atoms with Gasteiger partial charge in [-0.25, -0.2) is 0 Å². The smallest absolute Gasteiger partial charge is 0.258 e. The van der Waals surface area contributed by atoms with Gasteiger partial charge in [-0.05, 0) is 10.6 Å². The van der Waals surface area contributed by atoms with E-state index in [-0.39, 0.29) is 18.9 Å². The van der Waals surface area contributed by atoms with Crippen LogP contribution < -0.4 is 40.1 Å². The quantitative estimate of drug-likeness (QED) is 0.263. The molecule has 0 bridgehead atoms. The van der Waals surface area contributed by atoms with Gasteiger partial charge in [-0.15, -0.1) is 6.30 Å². The van der Waals surface area contributed by atoms with Crippen molar-refractivity contribution in [3.05, 3.63) is 127 Å². The van der Waals surface area contributed by atoms with E-state index in [1.807, 2.05) is 0 Å². The summed E-state index contributed by atoms with van der Waals surface area (Å²) in [6.07, 6.45) is 4.87. The van der Waals surface area contributed by atoms with Crippen molar-refractivity contribution in [3.8, 4) is 0 Å². The van der Waals surface area contributed by atoms with Crippen LogP contribution in [-0.2, 0) is 0 Å². The van der Waals surface area contributed by atoms with Crippen molar-refractivity contribution in [2.45, 2.75) is 0 Å². The molecule has 4 aromatic rings. The van der Waals surface area contributed by atoms with Crippen LogP contribution in [0.25, 0.3) is 0 Å². The molecule has 0 aliphatic carbocycles. The molecule has 0 amide bonds. The number of rotatable bonds is 6. The molecule has 0 fully saturated rings. The minimum atomic E-state index is -1.91. The van der Waals surface area contributed by atoms with Gasteiger partial charge in [0.05, 0.1) is 0 Å². The summed E-state index contributed by atoms with van der Waals surface area (Å²) in [6, 6.07) is 43.3. The summed E-state index contributed by atoms with van der Waals surface area (Å²) in [7, 11) is -0.624. The van der Waals surface area contributed by atoms with E-state index in [1.54, 1.807) is 0 Å². The molecule has 3 heteroatoms. The fraction of sp³-hybridized carbons (Fsp3) is 0. The van der Waals surface area contributed by atoms with Gasteiger partial charge in [-0.1, -0.05) is 132 Å². The maximum atomic E-state index is 4.87. The second-order valence-electron chi connectivity index (χ2n) is 6.70. The Bertz CT molecular complexity index is 966. The molecule has 0 radical (unpaired) electrons. The molecule has 0 nitrogen and oxygen atoms in total. The van der Waals surface area contributed by atoms with Gasteiger partial charge in [-0.2, -0.15) is 14.8 Å². The Morgan fingerprint density at radius 3 is 1.17 bits per heavy atom. The molecule has 0 saturated carbocycles. The molecule has 4 rings (SSSR count). The van der Waals surface area contributed by atoms with E-state index in [2.05, 4.69) is 127 Å². The normalized spacial score (nSPS) is 11.1. The van der Waals surface area contributed by atoms with Crippen LogP contribution in [0.4, 0.5) is 0 Å². The molecular formula is C26H23LiP2. The molecule has 4 aromatic carbocycles. The number of benzene rings is 4. The van der Waals surface area contributed by atoms with E-state index in [4.69, 9.17) is 6.30 Å². The van der Waals surface area contributed by atoms with Crippen LogP contribution in [0.3, 0.4) is 0 Å². The Labute approximate surface area is 187 Å². The molecular weight excluding hydrogens is 381 g/mol. The average molecular weight is 404 g/mol. The third kappa shape index (κ3) is 5.04. The fourth-order valence-corrected chi connectivity index (χ4v) is 10.0. The molecule has 0 N–H and O–H groups in total. The Balaban J connectivity index is 0.00000240. The van der Waals surface area contributed by atoms with Crippen molar-refractivity contribution < 1.29 is 18.9 Å². The summed E-state index contributed by atoms with van der Waals surface area (Å²) < 4.78 is 0. The molecule has 138 valence electrons. The van der Waals surface area contributed by atoms with Crippen LogP contribution in [0.2, 0.25) is 0 Å². The summed E-state index contributed by atoms with van der Waals surface area (Å²) in [5.74, 6) is 2.57. The molecule has 29 heavy (non-hydrogen) atoms. The van der Waals surface area contributed by atoms with Crippen LogP contribution in [0.5, 0.6) is 0 Å². The maximum Gasteiger partial charge on any atom is 1.00 e. The van der Waals surface area contributed by atoms with E-state index in [1.165, 1.54) is 21.2 Å². The first-order valence-corrected chi connectivity index (χ1v) is 12.8. The minimum absolute atomic E-state index is 0. The first kappa shape index (κ1) is 21.9. The third-order valence-corrected chi connectivity index (χ3v) is 11.5. The van der Waals surface area contributed by atoms with E-state index >= 15 is 0 Å². The standard InChI is InChI=1S/C26H23P2.Li/c1-28(25-18-10-4-11-19-25,26-20-12-5-13-21-26)22-27(23-14-6-2-7-15-23)24-16-8-3-9-17-24;/h2-22H,1H2;/q-1;+1. The zero-order valence-corrected chi connectivity index (χ0v) is 18.5. The van der Waals surface area contributed by atoms with Crippen molar-refractivity contribution in [1.82, 2.24) is 0 Å². The number of hydrogen-bond donors (Lipinski definition) is 0. The second-order valence-corrected chi connectivity index (χ2v) is 12.2. The first-order chi connectivity index (χ1) is 13.8. The fourth-order valence-electron chi connectivity index (χ4n) is 3.33. The van der Waals surface area contributed by atoms with E-state index in [0.29, 0.717) is 0 Å². The third-order valence-electron chi connectivity index (χ3n) is 4.82. The van der Waals surface area contributed by atoms with Crippen molar-refractivity contribution in [3.63, 3.8) is 0 Å². The molecule has 0 aliphatic rings. The average Bonchev–Trinajstić information content (AvgIpc) is 2.80. The van der Waals surface area contributed by atoms with Crippen molar-refractivity contribution >= 4 is 42.3 Å². The molecule has 0 spiro atoms. The van der Waals surface area contributed by atoms with Crippen LogP contribution in [0.15, 0.2) is 121 Å². The zero-order chi connectivity index (χ0) is 19.2. The monoisotopic (exact) mass is 404 g/mol. The number of hydrogen-bond acceptors (Lipinski definition) is 0. The summed E-state index contributed by atoms with van der Waals surface area (Å²) in [6.45, 7) is -1.91. The zero-order valence-electron chi connectivity index (χ0n) is 16.7. The Hall–Kier alpha value is -1.79. The largest absolute Gasteiger partial charge is 1.00 e. The van der Waals surface area contributed by atoms with Gasteiger partial charge < -0.3 is 0 Å². The van der Waals surface area contributed by atoms with Crippen LogP contribution in [0.1, 0.15) is 0 Å². The predicted octanol–water partition coefficient (Wildman–Crippen LogP) is 2.34. The molecule has 0 heterocycles. The maximum absolute atomic E-state index is 4.87. The van der Waals surface area contributed by atoms with Gasteiger partial charge in [0.1, 0.15) is 0 Å². The first-order valence-electron chi connectivity index (χ1n) is 9.37. The van der Waals surface area contributed by atoms with Crippen molar-refractivity contribution in [2.75, 3.05) is 0 Å². The second kappa shape index (κ2) is 10.3. The topological polar surface area (TPSA) is 0 Å². The molecule has 0 aromatic heterocycles. The molecule has 0 atom stereocenters. The summed E-state index contributed by atoms with van der Waals surface area (Å²) >= 11 is 0. The Morgan fingerprint density at radius 2 is 0.828 bits per heavy atom. The van der Waals surface area contributed by atoms with Gasteiger partial charge in [0.2, 0.25) is 0 Å². The van der Waals surface area contributed by atoms with Gasteiger partial charge in [0, 0.05) is 0 Å². The van der Waals surface area contributed by atoms with Crippen LogP contribution in [0, 0.1) is 5.90 Å². The predicted molar refractivity (Wildman–Crippen MR) is 130 cm³/mol. The van der Waals surface area contributed by atoms with E-state index in [9.17, 15) is 0 Å². The molecule has 0 aliphatic heterocycles. The van der Waals surface area contributed by atoms with Gasteiger partial charge in [0.25, 0.3) is 0 Å². The Kier molecular flexibility index (Phi) is 7.78. The van der Waals surface area contributed by atoms with Crippen molar-refractivity contribution in [2.24, 2.45) is 0 Å². The van der Waals surface area contributed by atoms with E-state index in [0.717, 1.165) is 0 Å². The van der Waals surface area contributed by atoms with Crippen LogP contribution >= 0.6 is 14.8 Å². The van der Waals surface area contributed by atoms with E-state index < -0.39 is 14.8 Å². The molecule has 0 saturated heterocycles. The SMILES string of the molecule is C=P([CH-]P(c1ccccc1)c1ccccc1)(c1ccccc1)c1ccccc1.[Li+]. The van der Waals surface area contributed by atoms with Gasteiger partial charge in [-0.3, -0.25) is 5.90 Å².